The van der Waals surface area contributed by atoms with Crippen LogP contribution in [0.15, 0.2) is 29.3 Å². The lowest BCUT2D eigenvalue weighted by atomic mass is 9.97. The van der Waals surface area contributed by atoms with Crippen molar-refractivity contribution < 1.29 is 14.3 Å². The van der Waals surface area contributed by atoms with E-state index < -0.39 is 12.1 Å². The van der Waals surface area contributed by atoms with Gasteiger partial charge in [0.2, 0.25) is 5.78 Å². The number of aryl methyl sites for hydroxylation is 5. The summed E-state index contributed by atoms with van der Waals surface area (Å²) in [6.07, 6.45) is 4.79. The van der Waals surface area contributed by atoms with E-state index in [1.165, 1.54) is 15.8 Å². The molecule has 0 bridgehead atoms. The molecule has 0 amide bonds. The number of carbonyl (C=O) groups is 2. The maximum absolute atomic E-state index is 13.0. The van der Waals surface area contributed by atoms with Gasteiger partial charge >= 0.3 is 5.97 Å². The van der Waals surface area contributed by atoms with Crippen LogP contribution in [0.2, 0.25) is 0 Å². The summed E-state index contributed by atoms with van der Waals surface area (Å²) in [5.74, 6) is -0.745. The third kappa shape index (κ3) is 4.32. The highest BCUT2D eigenvalue weighted by Crippen LogP contribution is 2.33. The molecule has 0 saturated carbocycles. The van der Waals surface area contributed by atoms with Gasteiger partial charge in [-0.25, -0.2) is 4.98 Å². The number of ketones is 1. The maximum Gasteiger partial charge on any atom is 0.308 e. The zero-order chi connectivity index (χ0) is 22.1. The Labute approximate surface area is 184 Å². The van der Waals surface area contributed by atoms with Crippen LogP contribution in [0.3, 0.4) is 0 Å². The maximum atomic E-state index is 13.0. The number of rotatable bonds is 6. The highest BCUT2D eigenvalue weighted by molar-refractivity contribution is 7.18. The van der Waals surface area contributed by atoms with Gasteiger partial charge in [-0.2, -0.15) is 0 Å². The van der Waals surface area contributed by atoms with E-state index in [-0.39, 0.29) is 24.3 Å². The zero-order valence-corrected chi connectivity index (χ0v) is 18.9. The van der Waals surface area contributed by atoms with E-state index in [0.717, 1.165) is 47.2 Å². The number of benzene rings is 1. The molecule has 0 spiro atoms. The van der Waals surface area contributed by atoms with Gasteiger partial charge in [0.25, 0.3) is 5.56 Å². The summed E-state index contributed by atoms with van der Waals surface area (Å²) in [7, 11) is 0. The van der Waals surface area contributed by atoms with Crippen molar-refractivity contribution >= 4 is 33.3 Å². The summed E-state index contributed by atoms with van der Waals surface area (Å²) >= 11 is 1.60. The molecule has 3 aromatic rings. The average Bonchev–Trinajstić information content (AvgIpc) is 3.14. The number of hydrogen-bond donors (Lipinski definition) is 0. The number of Topliss-reactive ketones (excluding diaryl/α,β-unsaturated/α-hetero) is 1. The Morgan fingerprint density at radius 2 is 1.97 bits per heavy atom. The Balaban J connectivity index is 1.42. The Kier molecular flexibility index (Phi) is 6.05. The highest BCUT2D eigenvalue weighted by Gasteiger charge is 2.22. The van der Waals surface area contributed by atoms with Crippen molar-refractivity contribution in [3.05, 3.63) is 62.0 Å². The average molecular weight is 439 g/mol. The molecule has 6 nitrogen and oxygen atoms in total. The van der Waals surface area contributed by atoms with Gasteiger partial charge in [0, 0.05) is 17.0 Å². The molecule has 1 aliphatic carbocycles. The second-order valence-electron chi connectivity index (χ2n) is 8.18. The lowest BCUT2D eigenvalue weighted by molar-refractivity contribution is -0.146. The first kappa shape index (κ1) is 21.4. The van der Waals surface area contributed by atoms with Crippen molar-refractivity contribution in [2.45, 2.75) is 65.5 Å². The van der Waals surface area contributed by atoms with Crippen LogP contribution in [0.1, 0.15) is 58.1 Å². The van der Waals surface area contributed by atoms with Crippen LogP contribution in [-0.2, 0) is 28.9 Å². The van der Waals surface area contributed by atoms with Crippen molar-refractivity contribution in [2.24, 2.45) is 0 Å². The monoisotopic (exact) mass is 438 g/mol. The summed E-state index contributed by atoms with van der Waals surface area (Å²) in [6.45, 7) is 5.67. The first-order chi connectivity index (χ1) is 14.8. The summed E-state index contributed by atoms with van der Waals surface area (Å²) in [5.41, 5.74) is 3.67. The van der Waals surface area contributed by atoms with E-state index in [1.807, 2.05) is 26.0 Å². The van der Waals surface area contributed by atoms with Crippen LogP contribution < -0.4 is 5.56 Å². The van der Waals surface area contributed by atoms with Gasteiger partial charge in [-0.3, -0.25) is 19.0 Å². The predicted octanol–water partition coefficient (Wildman–Crippen LogP) is 4.16. The van der Waals surface area contributed by atoms with E-state index in [0.29, 0.717) is 10.9 Å². The highest BCUT2D eigenvalue weighted by atomic mass is 32.1. The van der Waals surface area contributed by atoms with E-state index in [9.17, 15) is 14.4 Å². The number of thiophene rings is 1. The third-order valence-electron chi connectivity index (χ3n) is 5.97. The molecule has 1 unspecified atom stereocenters. The Hall–Kier alpha value is -2.80. The summed E-state index contributed by atoms with van der Waals surface area (Å²) in [4.78, 5) is 44.4. The second kappa shape index (κ2) is 8.75. The van der Waals surface area contributed by atoms with Crippen LogP contribution in [0.25, 0.3) is 10.2 Å². The number of carbonyl (C=O) groups excluding carboxylic acids is 2. The van der Waals surface area contributed by atoms with Crippen molar-refractivity contribution in [3.8, 4) is 0 Å². The predicted molar refractivity (Wildman–Crippen MR) is 121 cm³/mol. The second-order valence-corrected chi connectivity index (χ2v) is 9.26. The van der Waals surface area contributed by atoms with Gasteiger partial charge in [-0.15, -0.1) is 11.3 Å². The number of aromatic nitrogens is 2. The van der Waals surface area contributed by atoms with Crippen LogP contribution in [0.4, 0.5) is 0 Å². The molecule has 0 aliphatic heterocycles. The lowest BCUT2D eigenvalue weighted by Gasteiger charge is -2.14. The minimum absolute atomic E-state index is 0.00394. The van der Waals surface area contributed by atoms with Gasteiger partial charge in [-0.1, -0.05) is 12.1 Å². The third-order valence-corrected chi connectivity index (χ3v) is 7.17. The van der Waals surface area contributed by atoms with E-state index in [2.05, 4.69) is 4.98 Å². The summed E-state index contributed by atoms with van der Waals surface area (Å²) in [5, 5.41) is 0.703. The van der Waals surface area contributed by atoms with Gasteiger partial charge in [-0.05, 0) is 69.2 Å². The molecule has 1 aliphatic rings. The Morgan fingerprint density at radius 1 is 1.19 bits per heavy atom. The largest absolute Gasteiger partial charge is 0.454 e. The van der Waals surface area contributed by atoms with Crippen molar-refractivity contribution in [1.82, 2.24) is 9.55 Å². The molecule has 0 saturated heterocycles. The van der Waals surface area contributed by atoms with E-state index in [1.54, 1.807) is 24.3 Å². The molecule has 0 fully saturated rings. The fourth-order valence-electron chi connectivity index (χ4n) is 3.99. The molecular weight excluding hydrogens is 412 g/mol. The number of fused-ring (bicyclic) bond motifs is 3. The van der Waals surface area contributed by atoms with Crippen LogP contribution >= 0.6 is 11.3 Å². The molecule has 4 rings (SSSR count). The molecule has 7 heteroatoms. The van der Waals surface area contributed by atoms with Crippen LogP contribution in [0, 0.1) is 13.8 Å². The lowest BCUT2D eigenvalue weighted by Crippen LogP contribution is -2.27. The van der Waals surface area contributed by atoms with Crippen LogP contribution in [0.5, 0.6) is 0 Å². The molecule has 31 heavy (non-hydrogen) atoms. The van der Waals surface area contributed by atoms with Gasteiger partial charge in [0.1, 0.15) is 4.83 Å². The van der Waals surface area contributed by atoms with E-state index in [4.69, 9.17) is 4.74 Å². The summed E-state index contributed by atoms with van der Waals surface area (Å²) in [6, 6.07) is 5.44. The summed E-state index contributed by atoms with van der Waals surface area (Å²) < 4.78 is 6.81. The minimum atomic E-state index is -0.879. The zero-order valence-electron chi connectivity index (χ0n) is 18.1. The number of ether oxygens (including phenoxy) is 1. The van der Waals surface area contributed by atoms with Gasteiger partial charge < -0.3 is 4.74 Å². The molecule has 1 aromatic carbocycles. The normalized spacial score (nSPS) is 14.3. The van der Waals surface area contributed by atoms with Crippen molar-refractivity contribution in [1.29, 1.82) is 0 Å². The fraction of sp³-hybridized carbons (Fsp3) is 0.417. The van der Waals surface area contributed by atoms with E-state index >= 15 is 0 Å². The van der Waals surface area contributed by atoms with Gasteiger partial charge in [0.05, 0.1) is 18.1 Å². The first-order valence-electron chi connectivity index (χ1n) is 10.7. The molecule has 162 valence electrons. The first-order valence-corrected chi connectivity index (χ1v) is 11.5. The fourth-order valence-corrected chi connectivity index (χ4v) is 5.21. The minimum Gasteiger partial charge on any atom is -0.454 e. The molecule has 0 radical (unpaired) electrons. The standard InChI is InChI=1S/C24H26N2O4S/c1-14-8-9-17(12-15(14)2)22(28)16(3)30-20(27)10-11-26-13-25-23-21(24(26)29)18-6-4-5-7-19(18)31-23/h8-9,12-13,16H,4-7,10-11H2,1-3H3. The topological polar surface area (TPSA) is 78.3 Å². The molecule has 0 N–H and O–H groups in total. The van der Waals surface area contributed by atoms with Gasteiger partial charge in [0.15, 0.2) is 6.10 Å². The molecular formula is C24H26N2O4S. The smallest absolute Gasteiger partial charge is 0.308 e. The van der Waals surface area contributed by atoms with Crippen molar-refractivity contribution in [3.63, 3.8) is 0 Å². The SMILES string of the molecule is Cc1ccc(C(=O)C(C)OC(=O)CCn2cnc3sc4c(c3c2=O)CCCC4)cc1C. The number of hydrogen-bond acceptors (Lipinski definition) is 6. The van der Waals surface area contributed by atoms with Crippen LogP contribution in [-0.4, -0.2) is 27.4 Å². The number of nitrogens with zero attached hydrogens (tertiary/aromatic N) is 2. The quantitative estimate of drug-likeness (QED) is 0.427. The molecule has 1 atom stereocenters. The van der Waals surface area contributed by atoms with Crippen molar-refractivity contribution in [2.75, 3.05) is 0 Å². The molecule has 2 aromatic heterocycles. The Morgan fingerprint density at radius 3 is 2.74 bits per heavy atom. The molecule has 2 heterocycles. The Bertz CT molecular complexity index is 1220. The number of esters is 1.